The molecule has 0 spiro atoms. The normalized spacial score (nSPS) is 10.1. The maximum Gasteiger partial charge on any atom is 0.251 e. The first-order chi connectivity index (χ1) is 10.2. The molecule has 2 N–H and O–H groups in total. The highest BCUT2D eigenvalue weighted by molar-refractivity contribution is 7.99. The van der Waals surface area contributed by atoms with Crippen LogP contribution in [0.25, 0.3) is 0 Å². The van der Waals surface area contributed by atoms with Crippen LogP contribution in [0, 0.1) is 0 Å². The van der Waals surface area contributed by atoms with Gasteiger partial charge in [-0.3, -0.25) is 9.59 Å². The third kappa shape index (κ3) is 4.91. The summed E-state index contributed by atoms with van der Waals surface area (Å²) in [5, 5.41) is 7.40. The topological polar surface area (TPSA) is 58.2 Å². The molecule has 1 aromatic carbocycles. The van der Waals surface area contributed by atoms with Crippen molar-refractivity contribution < 1.29 is 9.59 Å². The van der Waals surface area contributed by atoms with Gasteiger partial charge in [0.15, 0.2) is 0 Å². The van der Waals surface area contributed by atoms with Crippen molar-refractivity contribution in [3.05, 3.63) is 52.2 Å². The molecule has 110 valence electrons. The van der Waals surface area contributed by atoms with Crippen LogP contribution in [0.2, 0.25) is 0 Å². The van der Waals surface area contributed by atoms with Crippen molar-refractivity contribution in [3.8, 4) is 0 Å². The van der Waals surface area contributed by atoms with Gasteiger partial charge in [0.25, 0.3) is 5.91 Å². The Kier molecular flexibility index (Phi) is 5.83. The van der Waals surface area contributed by atoms with Crippen LogP contribution in [0.1, 0.15) is 15.2 Å². The summed E-state index contributed by atoms with van der Waals surface area (Å²) in [5.41, 5.74) is 1.27. The molecule has 0 atom stereocenters. The molecule has 0 radical (unpaired) electrons. The van der Waals surface area contributed by atoms with Crippen molar-refractivity contribution in [1.29, 1.82) is 0 Å². The molecule has 21 heavy (non-hydrogen) atoms. The summed E-state index contributed by atoms with van der Waals surface area (Å²) in [6.07, 6.45) is 0. The number of hydrogen-bond acceptors (Lipinski definition) is 4. The Labute approximate surface area is 131 Å². The van der Waals surface area contributed by atoms with E-state index in [0.29, 0.717) is 17.0 Å². The summed E-state index contributed by atoms with van der Waals surface area (Å²) >= 11 is 3.28. The van der Waals surface area contributed by atoms with E-state index < -0.39 is 0 Å². The summed E-state index contributed by atoms with van der Waals surface area (Å²) in [5.74, 6) is 1.08. The van der Waals surface area contributed by atoms with Crippen molar-refractivity contribution in [2.45, 2.75) is 5.75 Å². The Bertz CT molecular complexity index is 595. The van der Waals surface area contributed by atoms with Crippen LogP contribution < -0.4 is 10.6 Å². The van der Waals surface area contributed by atoms with E-state index in [-0.39, 0.29) is 11.8 Å². The van der Waals surface area contributed by atoms with Gasteiger partial charge in [0.1, 0.15) is 0 Å². The van der Waals surface area contributed by atoms with Gasteiger partial charge < -0.3 is 10.6 Å². The first kappa shape index (κ1) is 15.6. The molecule has 2 amide bonds. The highest BCUT2D eigenvalue weighted by Gasteiger charge is 2.05. The Morgan fingerprint density at radius 2 is 1.95 bits per heavy atom. The van der Waals surface area contributed by atoms with E-state index in [1.165, 1.54) is 4.88 Å². The Morgan fingerprint density at radius 1 is 1.19 bits per heavy atom. The molecule has 4 nitrogen and oxygen atoms in total. The standard InChI is InChI=1S/C15H16N2O2S2/c1-16-15(19)11-4-6-12(7-5-11)17-14(18)10-20-9-13-3-2-8-21-13/h2-8H,9-10H2,1H3,(H,16,19)(H,17,18). The maximum atomic E-state index is 11.8. The van der Waals surface area contributed by atoms with Crippen molar-refractivity contribution >= 4 is 40.6 Å². The second-order valence-electron chi connectivity index (χ2n) is 4.28. The van der Waals surface area contributed by atoms with Gasteiger partial charge in [-0.25, -0.2) is 0 Å². The third-order valence-corrected chi connectivity index (χ3v) is 4.76. The number of rotatable bonds is 6. The van der Waals surface area contributed by atoms with Crippen LogP contribution in [0.4, 0.5) is 5.69 Å². The molecule has 0 saturated carbocycles. The summed E-state index contributed by atoms with van der Waals surface area (Å²) < 4.78 is 0. The quantitative estimate of drug-likeness (QED) is 0.860. The van der Waals surface area contributed by atoms with Crippen LogP contribution in [0.15, 0.2) is 41.8 Å². The third-order valence-electron chi connectivity index (χ3n) is 2.72. The Balaban J connectivity index is 1.78. The lowest BCUT2D eigenvalue weighted by molar-refractivity contribution is -0.113. The molecule has 0 saturated heterocycles. The lowest BCUT2D eigenvalue weighted by Gasteiger charge is -2.06. The lowest BCUT2D eigenvalue weighted by Crippen LogP contribution is -2.18. The molecule has 0 aliphatic heterocycles. The molecular weight excluding hydrogens is 304 g/mol. The Morgan fingerprint density at radius 3 is 2.57 bits per heavy atom. The number of carbonyl (C=O) groups is 2. The number of anilines is 1. The second-order valence-corrected chi connectivity index (χ2v) is 6.29. The fraction of sp³-hybridized carbons (Fsp3) is 0.200. The SMILES string of the molecule is CNC(=O)c1ccc(NC(=O)CSCc2cccs2)cc1. The van der Waals surface area contributed by atoms with E-state index in [1.54, 1.807) is 54.4 Å². The number of amides is 2. The summed E-state index contributed by atoms with van der Waals surface area (Å²) in [7, 11) is 1.59. The predicted octanol–water partition coefficient (Wildman–Crippen LogP) is 2.98. The number of thioether (sulfide) groups is 1. The molecule has 0 bridgehead atoms. The lowest BCUT2D eigenvalue weighted by atomic mass is 10.2. The van der Waals surface area contributed by atoms with Crippen molar-refractivity contribution in [1.82, 2.24) is 5.32 Å². The number of carbonyl (C=O) groups excluding carboxylic acids is 2. The van der Waals surface area contributed by atoms with Gasteiger partial charge in [-0.05, 0) is 35.7 Å². The average molecular weight is 320 g/mol. The molecule has 6 heteroatoms. The van der Waals surface area contributed by atoms with Crippen molar-refractivity contribution in [2.75, 3.05) is 18.1 Å². The summed E-state index contributed by atoms with van der Waals surface area (Å²) in [6, 6.07) is 10.9. The van der Waals surface area contributed by atoms with Gasteiger partial charge in [0.05, 0.1) is 5.75 Å². The van der Waals surface area contributed by atoms with Crippen LogP contribution >= 0.6 is 23.1 Å². The fourth-order valence-electron chi connectivity index (χ4n) is 1.69. The van der Waals surface area contributed by atoms with Gasteiger partial charge in [-0.15, -0.1) is 23.1 Å². The van der Waals surface area contributed by atoms with E-state index in [0.717, 1.165) is 5.75 Å². The monoisotopic (exact) mass is 320 g/mol. The first-order valence-corrected chi connectivity index (χ1v) is 8.44. The van der Waals surface area contributed by atoms with Crippen LogP contribution in [0.5, 0.6) is 0 Å². The van der Waals surface area contributed by atoms with E-state index in [9.17, 15) is 9.59 Å². The Hall–Kier alpha value is -1.79. The molecular formula is C15H16N2O2S2. The highest BCUT2D eigenvalue weighted by atomic mass is 32.2. The predicted molar refractivity (Wildman–Crippen MR) is 88.9 cm³/mol. The smallest absolute Gasteiger partial charge is 0.251 e. The van der Waals surface area contributed by atoms with Crippen LogP contribution in [-0.4, -0.2) is 24.6 Å². The van der Waals surface area contributed by atoms with Crippen LogP contribution in [0.3, 0.4) is 0 Å². The molecule has 0 aliphatic rings. The van der Waals surface area contributed by atoms with Gasteiger partial charge in [-0.1, -0.05) is 6.07 Å². The minimum atomic E-state index is -0.139. The number of nitrogens with one attached hydrogen (secondary N) is 2. The number of thiophene rings is 1. The average Bonchev–Trinajstić information content (AvgIpc) is 3.00. The number of benzene rings is 1. The van der Waals surface area contributed by atoms with Gasteiger partial charge >= 0.3 is 0 Å². The molecule has 2 aromatic rings. The largest absolute Gasteiger partial charge is 0.355 e. The molecule has 0 aliphatic carbocycles. The van der Waals surface area contributed by atoms with Crippen LogP contribution in [-0.2, 0) is 10.5 Å². The van der Waals surface area contributed by atoms with Gasteiger partial charge in [-0.2, -0.15) is 0 Å². The van der Waals surface area contributed by atoms with E-state index >= 15 is 0 Å². The van der Waals surface area contributed by atoms with E-state index in [4.69, 9.17) is 0 Å². The zero-order valence-corrected chi connectivity index (χ0v) is 13.2. The fourth-order valence-corrected chi connectivity index (χ4v) is 3.35. The minimum absolute atomic E-state index is 0.0377. The molecule has 1 heterocycles. The van der Waals surface area contributed by atoms with E-state index in [2.05, 4.69) is 16.7 Å². The second kappa shape index (κ2) is 7.85. The van der Waals surface area contributed by atoms with Crippen molar-refractivity contribution in [3.63, 3.8) is 0 Å². The number of hydrogen-bond donors (Lipinski definition) is 2. The van der Waals surface area contributed by atoms with Gasteiger partial charge in [0.2, 0.25) is 5.91 Å². The highest BCUT2D eigenvalue weighted by Crippen LogP contribution is 2.17. The molecule has 1 aromatic heterocycles. The van der Waals surface area contributed by atoms with Gasteiger partial charge in [0, 0.05) is 28.9 Å². The molecule has 0 unspecified atom stereocenters. The summed E-state index contributed by atoms with van der Waals surface area (Å²) in [4.78, 5) is 24.5. The summed E-state index contributed by atoms with van der Waals surface area (Å²) in [6.45, 7) is 0. The van der Waals surface area contributed by atoms with Crippen molar-refractivity contribution in [2.24, 2.45) is 0 Å². The zero-order valence-electron chi connectivity index (χ0n) is 11.6. The zero-order chi connectivity index (χ0) is 15.1. The van der Waals surface area contributed by atoms with E-state index in [1.807, 2.05) is 11.4 Å². The molecule has 2 rings (SSSR count). The minimum Gasteiger partial charge on any atom is -0.355 e. The first-order valence-electron chi connectivity index (χ1n) is 6.41. The maximum absolute atomic E-state index is 11.8. The molecule has 0 fully saturated rings.